The number of fused-ring (bicyclic) bond motifs is 1. The van der Waals surface area contributed by atoms with Gasteiger partial charge in [0.1, 0.15) is 5.60 Å². The fraction of sp³-hybridized carbons (Fsp3) is 0.120. The van der Waals surface area contributed by atoms with Gasteiger partial charge in [0.25, 0.3) is 0 Å². The Morgan fingerprint density at radius 1 is 0.759 bits per heavy atom. The average molecular weight is 400 g/mol. The van der Waals surface area contributed by atoms with Crippen molar-refractivity contribution in [2.45, 2.75) is 17.8 Å². The smallest absolute Gasteiger partial charge is 0.233 e. The van der Waals surface area contributed by atoms with Gasteiger partial charge < -0.3 is 5.11 Å². The summed E-state index contributed by atoms with van der Waals surface area (Å²) in [5, 5.41) is 11.6. The molecule has 3 aromatic rings. The molecule has 1 atom stereocenters. The van der Waals surface area contributed by atoms with E-state index in [9.17, 15) is 14.7 Å². The number of allylic oxidation sites excluding steroid dienone is 1. The minimum absolute atomic E-state index is 0.326. The zero-order chi connectivity index (χ0) is 20.4. The number of Topliss-reactive ketones (excluding diaryl/α,β-unsaturated/α-hetero) is 1. The SMILES string of the molecule is CC(SC1=CC(=O)C(=O)c2ccccc21)C(O)(c1ccccc1)c1ccccc1. The molecule has 1 unspecified atom stereocenters. The van der Waals surface area contributed by atoms with Gasteiger partial charge in [-0.3, -0.25) is 9.59 Å². The third-order valence-electron chi connectivity index (χ3n) is 5.24. The Bertz CT molecular complexity index is 1050. The van der Waals surface area contributed by atoms with Crippen LogP contribution in [0.2, 0.25) is 0 Å². The van der Waals surface area contributed by atoms with Crippen LogP contribution in [0.15, 0.2) is 91.0 Å². The molecule has 3 aromatic carbocycles. The Balaban J connectivity index is 1.77. The second-order valence-electron chi connectivity index (χ2n) is 7.01. The van der Waals surface area contributed by atoms with Gasteiger partial charge in [-0.05, 0) is 23.6 Å². The van der Waals surface area contributed by atoms with E-state index in [0.29, 0.717) is 10.5 Å². The van der Waals surface area contributed by atoms with Crippen molar-refractivity contribution in [1.82, 2.24) is 0 Å². The van der Waals surface area contributed by atoms with E-state index >= 15 is 0 Å². The van der Waals surface area contributed by atoms with Crippen LogP contribution in [-0.2, 0) is 10.4 Å². The van der Waals surface area contributed by atoms with E-state index in [1.807, 2.05) is 79.7 Å². The highest BCUT2D eigenvalue weighted by Gasteiger charge is 2.39. The van der Waals surface area contributed by atoms with Gasteiger partial charge in [-0.1, -0.05) is 84.9 Å². The quantitative estimate of drug-likeness (QED) is 0.622. The van der Waals surface area contributed by atoms with Gasteiger partial charge >= 0.3 is 0 Å². The van der Waals surface area contributed by atoms with E-state index in [2.05, 4.69) is 0 Å². The topological polar surface area (TPSA) is 54.4 Å². The van der Waals surface area contributed by atoms with E-state index in [1.165, 1.54) is 17.8 Å². The lowest BCUT2D eigenvalue weighted by molar-refractivity contribution is -0.110. The normalized spacial score (nSPS) is 14.9. The van der Waals surface area contributed by atoms with Crippen molar-refractivity contribution < 1.29 is 14.7 Å². The summed E-state index contributed by atoms with van der Waals surface area (Å²) >= 11 is 1.40. The van der Waals surface area contributed by atoms with Crippen molar-refractivity contribution in [3.8, 4) is 0 Å². The fourth-order valence-electron chi connectivity index (χ4n) is 3.68. The van der Waals surface area contributed by atoms with Gasteiger partial charge in [0.05, 0.1) is 0 Å². The Hall–Kier alpha value is -2.95. The molecule has 0 aromatic heterocycles. The Morgan fingerprint density at radius 2 is 1.24 bits per heavy atom. The molecule has 0 spiro atoms. The van der Waals surface area contributed by atoms with Crippen molar-refractivity contribution in [3.63, 3.8) is 0 Å². The monoisotopic (exact) mass is 400 g/mol. The van der Waals surface area contributed by atoms with Gasteiger partial charge in [0.2, 0.25) is 11.6 Å². The van der Waals surface area contributed by atoms with E-state index < -0.39 is 17.2 Å². The zero-order valence-corrected chi connectivity index (χ0v) is 16.7. The van der Waals surface area contributed by atoms with Crippen molar-refractivity contribution in [2.24, 2.45) is 0 Å². The van der Waals surface area contributed by atoms with Crippen LogP contribution in [0, 0.1) is 0 Å². The van der Waals surface area contributed by atoms with Gasteiger partial charge in [-0.2, -0.15) is 0 Å². The maximum atomic E-state index is 12.2. The molecule has 1 aliphatic rings. The highest BCUT2D eigenvalue weighted by atomic mass is 32.2. The van der Waals surface area contributed by atoms with Crippen LogP contribution >= 0.6 is 11.8 Å². The number of rotatable bonds is 5. The summed E-state index contributed by atoms with van der Waals surface area (Å²) in [6, 6.07) is 26.2. The molecule has 0 saturated carbocycles. The molecule has 0 amide bonds. The van der Waals surface area contributed by atoms with Crippen LogP contribution in [0.5, 0.6) is 0 Å². The Kier molecular flexibility index (Phi) is 5.22. The van der Waals surface area contributed by atoms with Gasteiger partial charge in [-0.15, -0.1) is 11.8 Å². The number of hydrogen-bond donors (Lipinski definition) is 1. The predicted octanol–water partition coefficient (Wildman–Crippen LogP) is 4.85. The number of thioether (sulfide) groups is 1. The predicted molar refractivity (Wildman–Crippen MR) is 117 cm³/mol. The average Bonchev–Trinajstić information content (AvgIpc) is 2.78. The highest BCUT2D eigenvalue weighted by Crippen LogP contribution is 2.45. The molecule has 0 saturated heterocycles. The van der Waals surface area contributed by atoms with E-state index in [-0.39, 0.29) is 5.25 Å². The van der Waals surface area contributed by atoms with Crippen LogP contribution in [0.25, 0.3) is 4.91 Å². The number of carbonyl (C=O) groups is 2. The van der Waals surface area contributed by atoms with Crippen LogP contribution in [-0.4, -0.2) is 21.9 Å². The summed E-state index contributed by atoms with van der Waals surface area (Å²) in [6.45, 7) is 1.94. The van der Waals surface area contributed by atoms with E-state index in [1.54, 1.807) is 12.1 Å². The number of ketones is 2. The van der Waals surface area contributed by atoms with Crippen LogP contribution in [0.1, 0.15) is 34.0 Å². The lowest BCUT2D eigenvalue weighted by Gasteiger charge is -2.36. The second-order valence-corrected chi connectivity index (χ2v) is 8.39. The summed E-state index contributed by atoms with van der Waals surface area (Å²) in [6.07, 6.45) is 1.39. The summed E-state index contributed by atoms with van der Waals surface area (Å²) in [5.74, 6) is -1.01. The molecule has 1 N–H and O–H groups in total. The van der Waals surface area contributed by atoms with Crippen LogP contribution < -0.4 is 0 Å². The number of aliphatic hydroxyl groups is 1. The molecule has 1 aliphatic carbocycles. The first-order valence-corrected chi connectivity index (χ1v) is 10.3. The number of carbonyl (C=O) groups excluding carboxylic acids is 2. The Morgan fingerprint density at radius 3 is 1.79 bits per heavy atom. The zero-order valence-electron chi connectivity index (χ0n) is 15.9. The summed E-state index contributed by atoms with van der Waals surface area (Å²) in [4.78, 5) is 25.2. The third kappa shape index (κ3) is 3.46. The first kappa shape index (κ1) is 19.4. The molecule has 0 bridgehead atoms. The van der Waals surface area contributed by atoms with E-state index in [0.717, 1.165) is 16.7 Å². The molecule has 4 heteroatoms. The largest absolute Gasteiger partial charge is 0.379 e. The van der Waals surface area contributed by atoms with Crippen molar-refractivity contribution in [2.75, 3.05) is 0 Å². The summed E-state index contributed by atoms with van der Waals surface area (Å²) in [5.41, 5.74) is 1.43. The lowest BCUT2D eigenvalue weighted by Crippen LogP contribution is -2.37. The van der Waals surface area contributed by atoms with Crippen molar-refractivity contribution in [1.29, 1.82) is 0 Å². The second kappa shape index (κ2) is 7.82. The standard InChI is InChI=1S/C25H20O3S/c1-17(29-23-16-22(26)24(27)21-15-9-8-14-20(21)23)25(28,18-10-4-2-5-11-18)19-12-6-3-7-13-19/h2-17,28H,1H3. The first-order valence-electron chi connectivity index (χ1n) is 9.41. The van der Waals surface area contributed by atoms with Crippen LogP contribution in [0.3, 0.4) is 0 Å². The molecule has 0 radical (unpaired) electrons. The molecule has 4 rings (SSSR count). The summed E-state index contributed by atoms with van der Waals surface area (Å²) < 4.78 is 0. The molecular weight excluding hydrogens is 380 g/mol. The third-order valence-corrected chi connectivity index (χ3v) is 6.53. The molecule has 0 fully saturated rings. The van der Waals surface area contributed by atoms with Gasteiger partial charge in [0, 0.05) is 21.8 Å². The maximum absolute atomic E-state index is 12.2. The first-order chi connectivity index (χ1) is 14.0. The summed E-state index contributed by atoms with van der Waals surface area (Å²) in [7, 11) is 0. The number of hydrogen-bond acceptors (Lipinski definition) is 4. The van der Waals surface area contributed by atoms with Crippen molar-refractivity contribution in [3.05, 3.63) is 113 Å². The fourth-order valence-corrected chi connectivity index (χ4v) is 4.99. The minimum Gasteiger partial charge on any atom is -0.379 e. The maximum Gasteiger partial charge on any atom is 0.233 e. The highest BCUT2D eigenvalue weighted by molar-refractivity contribution is 8.09. The Labute approximate surface area is 174 Å². The van der Waals surface area contributed by atoms with Crippen molar-refractivity contribution >= 4 is 28.2 Å². The van der Waals surface area contributed by atoms with Crippen LogP contribution in [0.4, 0.5) is 0 Å². The molecule has 29 heavy (non-hydrogen) atoms. The molecule has 3 nitrogen and oxygen atoms in total. The molecule has 0 aliphatic heterocycles. The van der Waals surface area contributed by atoms with Gasteiger partial charge in [-0.25, -0.2) is 0 Å². The van der Waals surface area contributed by atoms with Gasteiger partial charge in [0.15, 0.2) is 0 Å². The van der Waals surface area contributed by atoms with E-state index in [4.69, 9.17) is 0 Å². The molecule has 144 valence electrons. The molecule has 0 heterocycles. The number of benzene rings is 3. The minimum atomic E-state index is -1.27. The molecular formula is C25H20O3S. The lowest BCUT2D eigenvalue weighted by atomic mass is 9.84.